The summed E-state index contributed by atoms with van der Waals surface area (Å²) in [6, 6.07) is 9.21. The summed E-state index contributed by atoms with van der Waals surface area (Å²) in [5.41, 5.74) is 0.636. The average molecular weight is 220 g/mol. The topological polar surface area (TPSA) is 55.6 Å². The van der Waals surface area contributed by atoms with Crippen LogP contribution in [0.15, 0.2) is 30.3 Å². The molecule has 1 aliphatic rings. The van der Waals surface area contributed by atoms with Crippen molar-refractivity contribution < 1.29 is 9.53 Å². The van der Waals surface area contributed by atoms with Crippen LogP contribution in [0.1, 0.15) is 23.2 Å². The molecule has 2 rings (SSSR count). The molecule has 2 N–H and O–H groups in total. The van der Waals surface area contributed by atoms with Gasteiger partial charge in [-0.2, -0.15) is 0 Å². The first-order valence-corrected chi connectivity index (χ1v) is 5.50. The van der Waals surface area contributed by atoms with E-state index < -0.39 is 0 Å². The van der Waals surface area contributed by atoms with Crippen LogP contribution in [-0.2, 0) is 4.74 Å². The van der Waals surface area contributed by atoms with E-state index in [1.165, 1.54) is 5.01 Å². The fraction of sp³-hybridized carbons (Fsp3) is 0.417. The van der Waals surface area contributed by atoms with Crippen LogP contribution < -0.4 is 5.84 Å². The van der Waals surface area contributed by atoms with Gasteiger partial charge in [0.25, 0.3) is 5.91 Å². The fourth-order valence-electron chi connectivity index (χ4n) is 1.86. The van der Waals surface area contributed by atoms with Crippen LogP contribution in [0.5, 0.6) is 0 Å². The lowest BCUT2D eigenvalue weighted by Gasteiger charge is -2.30. The zero-order valence-electron chi connectivity index (χ0n) is 9.13. The van der Waals surface area contributed by atoms with Gasteiger partial charge in [0.15, 0.2) is 0 Å². The average Bonchev–Trinajstić information content (AvgIpc) is 2.39. The number of rotatable bonds is 2. The standard InChI is InChI=1S/C12H16N2O2/c13-14(11-6-8-16-9-7-11)12(15)10-4-2-1-3-5-10/h1-5,11H,6-9,13H2. The van der Waals surface area contributed by atoms with Crippen LogP contribution in [0.2, 0.25) is 0 Å². The lowest BCUT2D eigenvalue weighted by atomic mass is 10.1. The molecule has 0 aromatic heterocycles. The third-order valence-corrected chi connectivity index (χ3v) is 2.84. The van der Waals surface area contributed by atoms with Gasteiger partial charge in [-0.15, -0.1) is 0 Å². The van der Waals surface area contributed by atoms with E-state index in [1.54, 1.807) is 12.1 Å². The third kappa shape index (κ3) is 2.40. The van der Waals surface area contributed by atoms with E-state index in [2.05, 4.69) is 0 Å². The zero-order chi connectivity index (χ0) is 11.4. The van der Waals surface area contributed by atoms with Crippen LogP contribution in [0, 0.1) is 0 Å². The highest BCUT2D eigenvalue weighted by Crippen LogP contribution is 2.14. The minimum atomic E-state index is -0.118. The number of nitrogens with two attached hydrogens (primary N) is 1. The molecule has 4 nitrogen and oxygen atoms in total. The predicted octanol–water partition coefficient (Wildman–Crippen LogP) is 1.18. The Balaban J connectivity index is 2.04. The summed E-state index contributed by atoms with van der Waals surface area (Å²) < 4.78 is 5.24. The van der Waals surface area contributed by atoms with Crippen molar-refractivity contribution in [3.05, 3.63) is 35.9 Å². The van der Waals surface area contributed by atoms with Crippen LogP contribution in [-0.4, -0.2) is 30.2 Å². The maximum atomic E-state index is 12.0. The summed E-state index contributed by atoms with van der Waals surface area (Å²) in [6.45, 7) is 1.36. The van der Waals surface area contributed by atoms with E-state index in [0.717, 1.165) is 12.8 Å². The van der Waals surface area contributed by atoms with Gasteiger partial charge in [0.1, 0.15) is 0 Å². The van der Waals surface area contributed by atoms with Crippen molar-refractivity contribution in [1.29, 1.82) is 0 Å². The van der Waals surface area contributed by atoms with Gasteiger partial charge >= 0.3 is 0 Å². The molecule has 1 heterocycles. The summed E-state index contributed by atoms with van der Waals surface area (Å²) in [5.74, 6) is 5.73. The van der Waals surface area contributed by atoms with Crippen LogP contribution in [0.25, 0.3) is 0 Å². The van der Waals surface area contributed by atoms with E-state index in [9.17, 15) is 4.79 Å². The smallest absolute Gasteiger partial charge is 0.268 e. The Morgan fingerprint density at radius 1 is 1.25 bits per heavy atom. The van der Waals surface area contributed by atoms with Crippen molar-refractivity contribution in [2.45, 2.75) is 18.9 Å². The van der Waals surface area contributed by atoms with Crippen molar-refractivity contribution in [3.8, 4) is 0 Å². The van der Waals surface area contributed by atoms with Crippen LogP contribution in [0.3, 0.4) is 0 Å². The second kappa shape index (κ2) is 5.09. The molecule has 0 unspecified atom stereocenters. The third-order valence-electron chi connectivity index (χ3n) is 2.84. The molecule has 86 valence electrons. The molecule has 0 saturated carbocycles. The van der Waals surface area contributed by atoms with Gasteiger partial charge in [-0.1, -0.05) is 18.2 Å². The SMILES string of the molecule is NN(C(=O)c1ccccc1)C1CCOCC1. The molecule has 0 bridgehead atoms. The molecule has 0 spiro atoms. The van der Waals surface area contributed by atoms with Crippen molar-refractivity contribution in [3.63, 3.8) is 0 Å². The Morgan fingerprint density at radius 2 is 1.88 bits per heavy atom. The molecule has 1 aliphatic heterocycles. The second-order valence-corrected chi connectivity index (χ2v) is 3.92. The van der Waals surface area contributed by atoms with Gasteiger partial charge < -0.3 is 4.74 Å². The van der Waals surface area contributed by atoms with Gasteiger partial charge in [0, 0.05) is 18.8 Å². The Bertz CT molecular complexity index is 347. The molecule has 1 saturated heterocycles. The first kappa shape index (κ1) is 11.1. The van der Waals surface area contributed by atoms with Gasteiger partial charge in [-0.3, -0.25) is 9.80 Å². The van der Waals surface area contributed by atoms with Gasteiger partial charge in [-0.25, -0.2) is 5.84 Å². The normalized spacial score (nSPS) is 17.1. The Labute approximate surface area is 95.0 Å². The van der Waals surface area contributed by atoms with Gasteiger partial charge in [0.05, 0.1) is 6.04 Å². The van der Waals surface area contributed by atoms with Crippen molar-refractivity contribution in [2.75, 3.05) is 13.2 Å². The lowest BCUT2D eigenvalue weighted by molar-refractivity contribution is 0.0288. The maximum Gasteiger partial charge on any atom is 0.268 e. The first-order valence-electron chi connectivity index (χ1n) is 5.50. The van der Waals surface area contributed by atoms with Gasteiger partial charge in [-0.05, 0) is 25.0 Å². The Kier molecular flexibility index (Phi) is 3.54. The number of carbonyl (C=O) groups is 1. The molecule has 16 heavy (non-hydrogen) atoms. The number of carbonyl (C=O) groups excluding carboxylic acids is 1. The molecular formula is C12H16N2O2. The predicted molar refractivity (Wildman–Crippen MR) is 60.6 cm³/mol. The number of benzene rings is 1. The Morgan fingerprint density at radius 3 is 2.50 bits per heavy atom. The lowest BCUT2D eigenvalue weighted by Crippen LogP contribution is -2.48. The second-order valence-electron chi connectivity index (χ2n) is 3.92. The summed E-state index contributed by atoms with van der Waals surface area (Å²) in [4.78, 5) is 12.0. The highest BCUT2D eigenvalue weighted by molar-refractivity contribution is 5.93. The largest absolute Gasteiger partial charge is 0.381 e. The zero-order valence-corrected chi connectivity index (χ0v) is 9.13. The summed E-state index contributed by atoms with van der Waals surface area (Å²) in [5, 5.41) is 1.35. The summed E-state index contributed by atoms with van der Waals surface area (Å²) in [6.07, 6.45) is 1.63. The number of nitrogens with zero attached hydrogens (tertiary/aromatic N) is 1. The number of hydrogen-bond acceptors (Lipinski definition) is 3. The molecule has 1 aromatic rings. The quantitative estimate of drug-likeness (QED) is 0.462. The molecular weight excluding hydrogens is 204 g/mol. The first-order chi connectivity index (χ1) is 7.79. The van der Waals surface area contributed by atoms with E-state index in [4.69, 9.17) is 10.6 Å². The molecule has 1 amide bonds. The van der Waals surface area contributed by atoms with Gasteiger partial charge in [0.2, 0.25) is 0 Å². The van der Waals surface area contributed by atoms with E-state index in [1.807, 2.05) is 18.2 Å². The maximum absolute atomic E-state index is 12.0. The fourth-order valence-corrected chi connectivity index (χ4v) is 1.86. The molecule has 0 radical (unpaired) electrons. The molecule has 0 aliphatic carbocycles. The van der Waals surface area contributed by atoms with E-state index >= 15 is 0 Å². The summed E-state index contributed by atoms with van der Waals surface area (Å²) in [7, 11) is 0. The highest BCUT2D eigenvalue weighted by Gasteiger charge is 2.23. The number of hydrogen-bond donors (Lipinski definition) is 1. The number of ether oxygens (including phenoxy) is 1. The van der Waals surface area contributed by atoms with Crippen molar-refractivity contribution in [2.24, 2.45) is 5.84 Å². The van der Waals surface area contributed by atoms with E-state index in [-0.39, 0.29) is 11.9 Å². The highest BCUT2D eigenvalue weighted by atomic mass is 16.5. The number of hydrazine groups is 1. The monoisotopic (exact) mass is 220 g/mol. The molecule has 0 atom stereocenters. The minimum Gasteiger partial charge on any atom is -0.381 e. The molecule has 4 heteroatoms. The molecule has 1 fully saturated rings. The molecule has 1 aromatic carbocycles. The Hall–Kier alpha value is -1.39. The van der Waals surface area contributed by atoms with E-state index in [0.29, 0.717) is 18.8 Å². The minimum absolute atomic E-state index is 0.0986. The van der Waals surface area contributed by atoms with Crippen LogP contribution >= 0.6 is 0 Å². The van der Waals surface area contributed by atoms with Crippen molar-refractivity contribution in [1.82, 2.24) is 5.01 Å². The summed E-state index contributed by atoms with van der Waals surface area (Å²) >= 11 is 0. The number of amides is 1. The van der Waals surface area contributed by atoms with Crippen molar-refractivity contribution >= 4 is 5.91 Å². The van der Waals surface area contributed by atoms with Crippen LogP contribution in [0.4, 0.5) is 0 Å².